The summed E-state index contributed by atoms with van der Waals surface area (Å²) in [5.41, 5.74) is 0.384. The van der Waals surface area contributed by atoms with Crippen molar-refractivity contribution in [3.63, 3.8) is 0 Å². The summed E-state index contributed by atoms with van der Waals surface area (Å²) in [6.07, 6.45) is 5.25. The quantitative estimate of drug-likeness (QED) is 0.765. The standard InChI is InChI=1S/C19H24N4O2S/c1-3-16-21-22(11-17(24)20-14-7-5-4-6-12(14)2)18(25)15-10-13-8-9-26-19(13)23(15)16/h8-10,12,14H,3-7,11H2,1-2H3,(H,20,24)/t12-,14-/m0/s1. The topological polar surface area (TPSA) is 68.4 Å². The van der Waals surface area contributed by atoms with E-state index in [4.69, 9.17) is 0 Å². The number of carbonyl (C=O) groups excluding carboxylic acids is 1. The number of aryl methyl sites for hydroxylation is 1. The number of hydrogen-bond donors (Lipinski definition) is 1. The highest BCUT2D eigenvalue weighted by Crippen LogP contribution is 2.25. The Kier molecular flexibility index (Phi) is 4.56. The van der Waals surface area contributed by atoms with Gasteiger partial charge in [-0.1, -0.05) is 26.7 Å². The molecule has 0 unspecified atom stereocenters. The van der Waals surface area contributed by atoms with Crippen molar-refractivity contribution in [1.29, 1.82) is 0 Å². The minimum absolute atomic E-state index is 0.0234. The zero-order chi connectivity index (χ0) is 18.3. The maximum absolute atomic E-state index is 12.9. The Balaban J connectivity index is 1.65. The fraction of sp³-hybridized carbons (Fsp3) is 0.526. The van der Waals surface area contributed by atoms with Crippen LogP contribution in [-0.2, 0) is 17.8 Å². The summed E-state index contributed by atoms with van der Waals surface area (Å²) in [6, 6.07) is 4.11. The molecular weight excluding hydrogens is 348 g/mol. The van der Waals surface area contributed by atoms with Gasteiger partial charge < -0.3 is 5.32 Å². The third-order valence-corrected chi connectivity index (χ3v) is 6.34. The molecular formula is C19H24N4O2S. The van der Waals surface area contributed by atoms with Gasteiger partial charge in [0.05, 0.1) is 0 Å². The smallest absolute Gasteiger partial charge is 0.291 e. The average molecular weight is 372 g/mol. The molecule has 4 rings (SSSR count). The molecule has 1 N–H and O–H groups in total. The molecule has 1 aliphatic rings. The summed E-state index contributed by atoms with van der Waals surface area (Å²) in [4.78, 5) is 26.4. The van der Waals surface area contributed by atoms with Gasteiger partial charge >= 0.3 is 0 Å². The Labute approximate surface area is 155 Å². The lowest BCUT2D eigenvalue weighted by molar-refractivity contribution is -0.123. The molecule has 1 aliphatic carbocycles. The SMILES string of the molecule is CCc1nn(CC(=O)N[C@H]2CCCC[C@@H]2C)c(=O)c2cc3ccsc3n12. The van der Waals surface area contributed by atoms with Crippen molar-refractivity contribution in [1.82, 2.24) is 19.5 Å². The van der Waals surface area contributed by atoms with E-state index in [9.17, 15) is 9.59 Å². The van der Waals surface area contributed by atoms with E-state index in [1.807, 2.05) is 28.8 Å². The number of carbonyl (C=O) groups is 1. The highest BCUT2D eigenvalue weighted by molar-refractivity contribution is 7.16. The first-order valence-corrected chi connectivity index (χ1v) is 10.2. The number of nitrogens with zero attached hydrogens (tertiary/aromatic N) is 3. The zero-order valence-electron chi connectivity index (χ0n) is 15.2. The summed E-state index contributed by atoms with van der Waals surface area (Å²) in [6.45, 7) is 4.17. The molecule has 1 fully saturated rings. The highest BCUT2D eigenvalue weighted by Gasteiger charge is 2.23. The second kappa shape index (κ2) is 6.87. The maximum Gasteiger partial charge on any atom is 0.291 e. The Hall–Kier alpha value is -2.15. The molecule has 0 saturated heterocycles. The van der Waals surface area contributed by atoms with Crippen LogP contribution in [0.2, 0.25) is 0 Å². The number of nitrogens with one attached hydrogen (secondary N) is 1. The summed E-state index contributed by atoms with van der Waals surface area (Å²) >= 11 is 1.60. The Morgan fingerprint density at radius 1 is 1.38 bits per heavy atom. The number of rotatable bonds is 4. The fourth-order valence-electron chi connectivity index (χ4n) is 3.95. The molecule has 2 atom stereocenters. The molecule has 3 aromatic rings. The van der Waals surface area contributed by atoms with Crippen LogP contribution in [0.3, 0.4) is 0 Å². The first-order chi connectivity index (χ1) is 12.6. The molecule has 0 radical (unpaired) electrons. The van der Waals surface area contributed by atoms with Gasteiger partial charge in [0.25, 0.3) is 5.56 Å². The predicted molar refractivity (Wildman–Crippen MR) is 104 cm³/mol. The lowest BCUT2D eigenvalue weighted by Gasteiger charge is -2.29. The first-order valence-electron chi connectivity index (χ1n) is 9.36. The first kappa shape index (κ1) is 17.3. The van der Waals surface area contributed by atoms with Gasteiger partial charge in [0, 0.05) is 17.8 Å². The van der Waals surface area contributed by atoms with Gasteiger partial charge in [0.15, 0.2) is 0 Å². The van der Waals surface area contributed by atoms with E-state index >= 15 is 0 Å². The minimum atomic E-state index is -0.211. The molecule has 138 valence electrons. The maximum atomic E-state index is 12.9. The fourth-order valence-corrected chi connectivity index (χ4v) is 4.87. The van der Waals surface area contributed by atoms with Crippen molar-refractivity contribution in [2.45, 2.75) is 58.5 Å². The van der Waals surface area contributed by atoms with Crippen LogP contribution >= 0.6 is 11.3 Å². The Morgan fingerprint density at radius 2 is 2.19 bits per heavy atom. The molecule has 0 bridgehead atoms. The third kappa shape index (κ3) is 2.94. The largest absolute Gasteiger partial charge is 0.351 e. The van der Waals surface area contributed by atoms with Crippen LogP contribution in [0, 0.1) is 5.92 Å². The van der Waals surface area contributed by atoms with Gasteiger partial charge in [-0.15, -0.1) is 11.3 Å². The highest BCUT2D eigenvalue weighted by atomic mass is 32.1. The number of aromatic nitrogens is 3. The van der Waals surface area contributed by atoms with E-state index in [0.29, 0.717) is 17.9 Å². The van der Waals surface area contributed by atoms with Crippen molar-refractivity contribution >= 4 is 33.0 Å². The van der Waals surface area contributed by atoms with E-state index in [1.54, 1.807) is 11.3 Å². The third-order valence-electron chi connectivity index (χ3n) is 5.43. The molecule has 0 aliphatic heterocycles. The van der Waals surface area contributed by atoms with Crippen LogP contribution in [0.1, 0.15) is 45.4 Å². The number of hydrogen-bond acceptors (Lipinski definition) is 4. The van der Waals surface area contributed by atoms with Gasteiger partial charge in [-0.05, 0) is 36.3 Å². The summed E-state index contributed by atoms with van der Waals surface area (Å²) in [5.74, 6) is 1.16. The van der Waals surface area contributed by atoms with Crippen LogP contribution in [0.4, 0.5) is 0 Å². The second-order valence-electron chi connectivity index (χ2n) is 7.21. The van der Waals surface area contributed by atoms with E-state index in [1.165, 1.54) is 11.1 Å². The van der Waals surface area contributed by atoms with E-state index in [-0.39, 0.29) is 24.1 Å². The second-order valence-corrected chi connectivity index (χ2v) is 8.11. The van der Waals surface area contributed by atoms with E-state index < -0.39 is 0 Å². The molecule has 0 aromatic carbocycles. The molecule has 1 saturated carbocycles. The van der Waals surface area contributed by atoms with E-state index in [2.05, 4.69) is 17.3 Å². The zero-order valence-corrected chi connectivity index (χ0v) is 16.0. The van der Waals surface area contributed by atoms with Crippen LogP contribution in [0.5, 0.6) is 0 Å². The van der Waals surface area contributed by atoms with Crippen molar-refractivity contribution in [3.8, 4) is 0 Å². The van der Waals surface area contributed by atoms with Crippen LogP contribution in [0.25, 0.3) is 15.7 Å². The predicted octanol–water partition coefficient (Wildman–Crippen LogP) is 2.97. The van der Waals surface area contributed by atoms with Crippen molar-refractivity contribution in [3.05, 3.63) is 33.7 Å². The molecule has 7 heteroatoms. The number of fused-ring (bicyclic) bond motifs is 3. The lowest BCUT2D eigenvalue weighted by atomic mass is 9.86. The van der Waals surface area contributed by atoms with Crippen LogP contribution < -0.4 is 10.9 Å². The van der Waals surface area contributed by atoms with Crippen molar-refractivity contribution in [2.24, 2.45) is 5.92 Å². The van der Waals surface area contributed by atoms with Gasteiger partial charge in [0.2, 0.25) is 5.91 Å². The van der Waals surface area contributed by atoms with Crippen LogP contribution in [-0.4, -0.2) is 26.1 Å². The molecule has 3 aromatic heterocycles. The van der Waals surface area contributed by atoms with Gasteiger partial charge in [-0.2, -0.15) is 5.10 Å². The average Bonchev–Trinajstić information content (AvgIpc) is 3.21. The number of thiophene rings is 1. The molecule has 0 spiro atoms. The molecule has 26 heavy (non-hydrogen) atoms. The molecule has 6 nitrogen and oxygen atoms in total. The Morgan fingerprint density at radius 3 is 2.96 bits per heavy atom. The van der Waals surface area contributed by atoms with Gasteiger partial charge in [-0.3, -0.25) is 14.0 Å². The van der Waals surface area contributed by atoms with Gasteiger partial charge in [-0.25, -0.2) is 4.68 Å². The van der Waals surface area contributed by atoms with Gasteiger partial charge in [0.1, 0.15) is 22.7 Å². The molecule has 1 amide bonds. The summed E-state index contributed by atoms with van der Waals surface area (Å²) < 4.78 is 3.25. The normalized spacial score (nSPS) is 20.7. The summed E-state index contributed by atoms with van der Waals surface area (Å²) in [7, 11) is 0. The number of amides is 1. The minimum Gasteiger partial charge on any atom is -0.351 e. The van der Waals surface area contributed by atoms with Crippen LogP contribution in [0.15, 0.2) is 22.3 Å². The summed E-state index contributed by atoms with van der Waals surface area (Å²) in [5, 5.41) is 10.7. The Bertz CT molecular complexity index is 1020. The van der Waals surface area contributed by atoms with Crippen molar-refractivity contribution < 1.29 is 4.79 Å². The lowest BCUT2D eigenvalue weighted by Crippen LogP contribution is -2.44. The molecule has 3 heterocycles. The monoisotopic (exact) mass is 372 g/mol. The van der Waals surface area contributed by atoms with E-state index in [0.717, 1.165) is 35.3 Å². The van der Waals surface area contributed by atoms with Crippen molar-refractivity contribution in [2.75, 3.05) is 0 Å².